The van der Waals surface area contributed by atoms with Crippen LogP contribution in [0.25, 0.3) is 0 Å². The average Bonchev–Trinajstić information content (AvgIpc) is 2.91. The maximum atomic E-state index is 11.6. The molecule has 1 atom stereocenters. The van der Waals surface area contributed by atoms with Crippen LogP contribution in [0.15, 0.2) is 6.20 Å². The van der Waals surface area contributed by atoms with Gasteiger partial charge in [0.25, 0.3) is 5.91 Å². The van der Waals surface area contributed by atoms with Gasteiger partial charge in [-0.1, -0.05) is 0 Å². The number of rotatable bonds is 5. The molecule has 86 valence electrons. The van der Waals surface area contributed by atoms with E-state index in [2.05, 4.69) is 14.1 Å². The van der Waals surface area contributed by atoms with E-state index in [0.717, 1.165) is 24.6 Å². The second-order valence-electron chi connectivity index (χ2n) is 3.81. The van der Waals surface area contributed by atoms with Gasteiger partial charge in [0.05, 0.1) is 24.3 Å². The fraction of sp³-hybridized carbons (Fsp3) is 0.556. The molecule has 7 heteroatoms. The lowest BCUT2D eigenvalue weighted by atomic mass is 10.1. The smallest absolute Gasteiger partial charge is 0.305 e. The van der Waals surface area contributed by atoms with Gasteiger partial charge in [0.1, 0.15) is 0 Å². The zero-order valence-corrected chi connectivity index (χ0v) is 9.24. The molecule has 2 rings (SSSR count). The fourth-order valence-corrected chi connectivity index (χ4v) is 1.94. The molecule has 0 spiro atoms. The second-order valence-corrected chi connectivity index (χ2v) is 4.36. The summed E-state index contributed by atoms with van der Waals surface area (Å²) in [4.78, 5) is 22.3. The van der Waals surface area contributed by atoms with Crippen LogP contribution < -0.4 is 5.32 Å². The van der Waals surface area contributed by atoms with Crippen molar-refractivity contribution < 1.29 is 14.7 Å². The lowest BCUT2D eigenvalue weighted by molar-refractivity contribution is -0.137. The van der Waals surface area contributed by atoms with Crippen molar-refractivity contribution >= 4 is 23.6 Å². The fourth-order valence-electron chi connectivity index (χ4n) is 1.53. The molecule has 2 N–H and O–H groups in total. The first-order valence-electron chi connectivity index (χ1n) is 4.97. The molecule has 1 aromatic heterocycles. The molecular formula is C9H11N3O3S. The lowest BCUT2D eigenvalue weighted by Crippen LogP contribution is -2.38. The maximum Gasteiger partial charge on any atom is 0.305 e. The van der Waals surface area contributed by atoms with Crippen molar-refractivity contribution in [1.82, 2.24) is 14.1 Å². The summed E-state index contributed by atoms with van der Waals surface area (Å²) < 4.78 is 7.52. The third-order valence-electron chi connectivity index (χ3n) is 2.50. The standard InChI is InChI=1S/C9H11N3O3S/c13-8(14)3-6(5-1-2-5)11-9(15)7-4-10-16-12-7/h4-6H,1-3H2,(H,11,15)(H,13,14). The van der Waals surface area contributed by atoms with Crippen molar-refractivity contribution in [2.24, 2.45) is 5.92 Å². The number of aliphatic carboxylic acids is 1. The van der Waals surface area contributed by atoms with Crippen LogP contribution in [0, 0.1) is 5.92 Å². The highest BCUT2D eigenvalue weighted by molar-refractivity contribution is 6.99. The second kappa shape index (κ2) is 4.56. The Morgan fingerprint density at radius 1 is 1.62 bits per heavy atom. The zero-order valence-electron chi connectivity index (χ0n) is 8.42. The van der Waals surface area contributed by atoms with Gasteiger partial charge in [0.15, 0.2) is 5.69 Å². The van der Waals surface area contributed by atoms with Gasteiger partial charge in [-0.05, 0) is 18.8 Å². The van der Waals surface area contributed by atoms with Crippen LogP contribution in [0.2, 0.25) is 0 Å². The number of carboxylic acid groups (broad SMARTS) is 1. The van der Waals surface area contributed by atoms with Crippen LogP contribution in [0.1, 0.15) is 29.8 Å². The molecule has 0 aromatic carbocycles. The Balaban J connectivity index is 1.95. The molecule has 0 bridgehead atoms. The summed E-state index contributed by atoms with van der Waals surface area (Å²) in [7, 11) is 0. The number of nitrogens with zero attached hydrogens (tertiary/aromatic N) is 2. The number of nitrogens with one attached hydrogen (secondary N) is 1. The van der Waals surface area contributed by atoms with Gasteiger partial charge in [0, 0.05) is 6.04 Å². The van der Waals surface area contributed by atoms with Crippen molar-refractivity contribution in [3.8, 4) is 0 Å². The predicted octanol–water partition coefficient (Wildman–Crippen LogP) is 0.521. The summed E-state index contributed by atoms with van der Waals surface area (Å²) >= 11 is 0.956. The summed E-state index contributed by atoms with van der Waals surface area (Å²) in [5, 5.41) is 11.4. The maximum absolute atomic E-state index is 11.6. The Bertz CT molecular complexity index is 389. The van der Waals surface area contributed by atoms with E-state index in [1.54, 1.807) is 0 Å². The van der Waals surface area contributed by atoms with Gasteiger partial charge < -0.3 is 10.4 Å². The lowest BCUT2D eigenvalue weighted by Gasteiger charge is -2.14. The molecule has 1 heterocycles. The minimum Gasteiger partial charge on any atom is -0.481 e. The average molecular weight is 241 g/mol. The summed E-state index contributed by atoms with van der Waals surface area (Å²) in [6.07, 6.45) is 3.31. The minimum absolute atomic E-state index is 0.0338. The molecule has 1 aliphatic rings. The molecule has 6 nitrogen and oxygen atoms in total. The number of carbonyl (C=O) groups is 2. The van der Waals surface area contributed by atoms with Gasteiger partial charge in [-0.15, -0.1) is 0 Å². The Kier molecular flexibility index (Phi) is 3.14. The van der Waals surface area contributed by atoms with Gasteiger partial charge in [-0.3, -0.25) is 9.59 Å². The van der Waals surface area contributed by atoms with E-state index in [0.29, 0.717) is 5.92 Å². The van der Waals surface area contributed by atoms with E-state index in [9.17, 15) is 9.59 Å². The minimum atomic E-state index is -0.895. The Morgan fingerprint density at radius 2 is 2.38 bits per heavy atom. The van der Waals surface area contributed by atoms with Crippen LogP contribution >= 0.6 is 11.7 Å². The van der Waals surface area contributed by atoms with Gasteiger partial charge in [-0.25, -0.2) is 0 Å². The number of hydrogen-bond acceptors (Lipinski definition) is 5. The first-order valence-corrected chi connectivity index (χ1v) is 5.70. The molecule has 1 saturated carbocycles. The first-order chi connectivity index (χ1) is 7.66. The summed E-state index contributed by atoms with van der Waals surface area (Å²) in [5.74, 6) is -0.938. The molecule has 16 heavy (non-hydrogen) atoms. The molecule has 0 radical (unpaired) electrons. The monoisotopic (exact) mass is 241 g/mol. The van der Waals surface area contributed by atoms with E-state index in [1.807, 2.05) is 0 Å². The van der Waals surface area contributed by atoms with Gasteiger partial charge in [-0.2, -0.15) is 8.75 Å². The quantitative estimate of drug-likeness (QED) is 0.784. The number of carboxylic acids is 1. The van der Waals surface area contributed by atoms with Crippen molar-refractivity contribution in [2.45, 2.75) is 25.3 Å². The Morgan fingerprint density at radius 3 is 2.88 bits per heavy atom. The summed E-state index contributed by atoms with van der Waals surface area (Å²) in [6, 6.07) is -0.285. The highest BCUT2D eigenvalue weighted by atomic mass is 32.1. The van der Waals surface area contributed by atoms with E-state index < -0.39 is 5.97 Å². The third-order valence-corrected chi connectivity index (χ3v) is 2.97. The van der Waals surface area contributed by atoms with Crippen LogP contribution in [0.5, 0.6) is 0 Å². The van der Waals surface area contributed by atoms with Crippen LogP contribution in [0.3, 0.4) is 0 Å². The molecule has 1 aromatic rings. The molecular weight excluding hydrogens is 230 g/mol. The first kappa shape index (κ1) is 11.0. The highest BCUT2D eigenvalue weighted by Crippen LogP contribution is 2.34. The summed E-state index contributed by atoms with van der Waals surface area (Å²) in [6.45, 7) is 0. The molecule has 0 aliphatic heterocycles. The topological polar surface area (TPSA) is 92.2 Å². The van der Waals surface area contributed by atoms with Crippen LogP contribution in [0.4, 0.5) is 0 Å². The van der Waals surface area contributed by atoms with E-state index in [1.165, 1.54) is 6.20 Å². The van der Waals surface area contributed by atoms with Crippen molar-refractivity contribution in [3.05, 3.63) is 11.9 Å². The van der Waals surface area contributed by atoms with Gasteiger partial charge in [0.2, 0.25) is 0 Å². The van der Waals surface area contributed by atoms with Gasteiger partial charge >= 0.3 is 5.97 Å². The number of amides is 1. The number of hydrogen-bond donors (Lipinski definition) is 2. The molecule has 1 fully saturated rings. The van der Waals surface area contributed by atoms with Crippen molar-refractivity contribution in [3.63, 3.8) is 0 Å². The number of aromatic nitrogens is 2. The van der Waals surface area contributed by atoms with Crippen molar-refractivity contribution in [1.29, 1.82) is 0 Å². The Hall–Kier alpha value is -1.50. The highest BCUT2D eigenvalue weighted by Gasteiger charge is 2.34. The largest absolute Gasteiger partial charge is 0.481 e. The van der Waals surface area contributed by atoms with E-state index in [-0.39, 0.29) is 24.1 Å². The summed E-state index contributed by atoms with van der Waals surface area (Å²) in [5.41, 5.74) is 0.251. The molecule has 1 aliphatic carbocycles. The Labute approximate surface area is 96.0 Å². The van der Waals surface area contributed by atoms with Crippen LogP contribution in [-0.2, 0) is 4.79 Å². The third kappa shape index (κ3) is 2.75. The molecule has 1 amide bonds. The van der Waals surface area contributed by atoms with Crippen molar-refractivity contribution in [2.75, 3.05) is 0 Å². The predicted molar refractivity (Wildman–Crippen MR) is 56.1 cm³/mol. The van der Waals surface area contributed by atoms with Crippen LogP contribution in [-0.4, -0.2) is 31.8 Å². The van der Waals surface area contributed by atoms with E-state index in [4.69, 9.17) is 5.11 Å². The normalized spacial score (nSPS) is 16.8. The number of carbonyl (C=O) groups excluding carboxylic acids is 1. The SMILES string of the molecule is O=C(O)CC(NC(=O)c1cnsn1)C1CC1. The van der Waals surface area contributed by atoms with E-state index >= 15 is 0 Å². The zero-order chi connectivity index (χ0) is 11.5. The molecule has 0 saturated heterocycles. The molecule has 1 unspecified atom stereocenters.